The molecule has 1 aliphatic heterocycles. The third kappa shape index (κ3) is 7.08. The van der Waals surface area contributed by atoms with Crippen LogP contribution in [0.2, 0.25) is 0 Å². The number of carbonyl (C=O) groups is 2. The maximum Gasteiger partial charge on any atom is 0.336 e. The van der Waals surface area contributed by atoms with E-state index in [0.717, 1.165) is 22.4 Å². The summed E-state index contributed by atoms with van der Waals surface area (Å²) in [5.41, 5.74) is 5.06. The van der Waals surface area contributed by atoms with Crippen molar-refractivity contribution < 1.29 is 33.3 Å². The molecule has 0 radical (unpaired) electrons. The van der Waals surface area contributed by atoms with Crippen molar-refractivity contribution in [2.75, 3.05) is 27.4 Å². The lowest BCUT2D eigenvalue weighted by molar-refractivity contribution is -0.140. The number of rotatable bonds is 12. The lowest BCUT2D eigenvalue weighted by Gasteiger charge is -2.37. The van der Waals surface area contributed by atoms with Crippen molar-refractivity contribution in [2.45, 2.75) is 38.2 Å². The molecule has 8 heteroatoms. The molecule has 0 saturated carbocycles. The molecule has 0 bridgehead atoms. The number of dihydropyridines is 1. The monoisotopic (exact) mass is 645 g/mol. The molecular formula is C40H39NO7. The van der Waals surface area contributed by atoms with Gasteiger partial charge in [-0.1, -0.05) is 72.8 Å². The summed E-state index contributed by atoms with van der Waals surface area (Å²) in [5.74, 6) is 1.19. The Kier molecular flexibility index (Phi) is 10.1. The SMILES string of the molecule is COc1ccc([C@H]2CC(=O)C3=C(C2)NC(C)=C(C(=O)OCCOc2ccccc2)[C@H]3c2ccccc2OCc2ccccc2)cc1OC. The van der Waals surface area contributed by atoms with Gasteiger partial charge in [0.1, 0.15) is 31.3 Å². The molecule has 0 amide bonds. The van der Waals surface area contributed by atoms with E-state index in [-0.39, 0.29) is 31.3 Å². The van der Waals surface area contributed by atoms with Gasteiger partial charge in [-0.3, -0.25) is 4.79 Å². The first kappa shape index (κ1) is 32.4. The van der Waals surface area contributed by atoms with Crippen LogP contribution in [0.3, 0.4) is 0 Å². The van der Waals surface area contributed by atoms with E-state index in [1.54, 1.807) is 14.2 Å². The van der Waals surface area contributed by atoms with Crippen molar-refractivity contribution in [1.82, 2.24) is 5.32 Å². The van der Waals surface area contributed by atoms with Crippen LogP contribution in [-0.4, -0.2) is 39.2 Å². The number of esters is 1. The molecule has 48 heavy (non-hydrogen) atoms. The third-order valence-corrected chi connectivity index (χ3v) is 8.72. The van der Waals surface area contributed by atoms with E-state index in [4.69, 9.17) is 23.7 Å². The summed E-state index contributed by atoms with van der Waals surface area (Å²) in [6.45, 7) is 2.43. The Bertz CT molecular complexity index is 1830. The van der Waals surface area contributed by atoms with Crippen LogP contribution in [-0.2, 0) is 20.9 Å². The number of ether oxygens (including phenoxy) is 5. The van der Waals surface area contributed by atoms with Crippen molar-refractivity contribution in [2.24, 2.45) is 0 Å². The van der Waals surface area contributed by atoms with Gasteiger partial charge in [0, 0.05) is 29.0 Å². The number of hydrogen-bond acceptors (Lipinski definition) is 8. The highest BCUT2D eigenvalue weighted by Crippen LogP contribution is 2.48. The van der Waals surface area contributed by atoms with E-state index in [1.807, 2.05) is 110 Å². The molecule has 0 spiro atoms. The summed E-state index contributed by atoms with van der Waals surface area (Å²) in [6.07, 6.45) is 0.844. The third-order valence-electron chi connectivity index (χ3n) is 8.72. The van der Waals surface area contributed by atoms with E-state index in [9.17, 15) is 9.59 Å². The zero-order valence-corrected chi connectivity index (χ0v) is 27.4. The number of nitrogens with one attached hydrogen (secondary N) is 1. The first-order valence-corrected chi connectivity index (χ1v) is 16.0. The molecule has 1 N–H and O–H groups in total. The molecule has 0 aromatic heterocycles. The molecule has 2 atom stereocenters. The summed E-state index contributed by atoms with van der Waals surface area (Å²) >= 11 is 0. The van der Waals surface area contributed by atoms with Crippen molar-refractivity contribution in [3.63, 3.8) is 0 Å². The quantitative estimate of drug-likeness (QED) is 0.127. The fraction of sp³-hybridized carbons (Fsp3) is 0.250. The lowest BCUT2D eigenvalue weighted by Crippen LogP contribution is -2.36. The lowest BCUT2D eigenvalue weighted by atomic mass is 9.71. The molecule has 8 nitrogen and oxygen atoms in total. The molecular weight excluding hydrogens is 606 g/mol. The Balaban J connectivity index is 1.33. The van der Waals surface area contributed by atoms with Gasteiger partial charge in [-0.25, -0.2) is 4.79 Å². The highest BCUT2D eigenvalue weighted by Gasteiger charge is 2.42. The maximum absolute atomic E-state index is 14.3. The topological polar surface area (TPSA) is 92.3 Å². The van der Waals surface area contributed by atoms with E-state index in [1.165, 1.54) is 0 Å². The summed E-state index contributed by atoms with van der Waals surface area (Å²) in [6, 6.07) is 32.6. The van der Waals surface area contributed by atoms with E-state index in [0.29, 0.717) is 52.9 Å². The van der Waals surface area contributed by atoms with Gasteiger partial charge in [-0.15, -0.1) is 0 Å². The van der Waals surface area contributed by atoms with Gasteiger partial charge in [-0.2, -0.15) is 0 Å². The zero-order chi connectivity index (χ0) is 33.5. The summed E-state index contributed by atoms with van der Waals surface area (Å²) in [7, 11) is 3.20. The fourth-order valence-electron chi connectivity index (χ4n) is 6.44. The molecule has 0 saturated heterocycles. The highest BCUT2D eigenvalue weighted by molar-refractivity contribution is 6.04. The van der Waals surface area contributed by atoms with Crippen LogP contribution in [0.4, 0.5) is 0 Å². The maximum atomic E-state index is 14.3. The van der Waals surface area contributed by atoms with E-state index < -0.39 is 11.9 Å². The highest BCUT2D eigenvalue weighted by atomic mass is 16.6. The smallest absolute Gasteiger partial charge is 0.336 e. The average Bonchev–Trinajstić information content (AvgIpc) is 3.12. The Labute approximate surface area is 280 Å². The van der Waals surface area contributed by atoms with Crippen LogP contribution in [0.5, 0.6) is 23.0 Å². The normalized spacial score (nSPS) is 17.3. The Hall–Kier alpha value is -5.50. The number of benzene rings is 4. The molecule has 2 aliphatic rings. The predicted molar refractivity (Wildman–Crippen MR) is 182 cm³/mol. The van der Waals surface area contributed by atoms with Crippen LogP contribution < -0.4 is 24.3 Å². The molecule has 246 valence electrons. The summed E-state index contributed by atoms with van der Waals surface area (Å²) < 4.78 is 28.9. The molecule has 1 aliphatic carbocycles. The predicted octanol–water partition coefficient (Wildman–Crippen LogP) is 7.27. The van der Waals surface area contributed by atoms with Gasteiger partial charge in [0.05, 0.1) is 25.7 Å². The Morgan fingerprint density at radius 1 is 0.771 bits per heavy atom. The van der Waals surface area contributed by atoms with Crippen LogP contribution in [0.25, 0.3) is 0 Å². The van der Waals surface area contributed by atoms with Crippen molar-refractivity contribution >= 4 is 11.8 Å². The minimum atomic E-state index is -0.686. The largest absolute Gasteiger partial charge is 0.493 e. The number of para-hydroxylation sites is 2. The Morgan fingerprint density at radius 2 is 1.48 bits per heavy atom. The minimum Gasteiger partial charge on any atom is -0.493 e. The Morgan fingerprint density at radius 3 is 2.23 bits per heavy atom. The van der Waals surface area contributed by atoms with Crippen LogP contribution in [0.1, 0.15) is 48.3 Å². The second-order valence-corrected chi connectivity index (χ2v) is 11.7. The first-order chi connectivity index (χ1) is 23.5. The molecule has 0 unspecified atom stereocenters. The van der Waals surface area contributed by atoms with Crippen LogP contribution in [0, 0.1) is 0 Å². The van der Waals surface area contributed by atoms with Crippen molar-refractivity contribution in [3.05, 3.63) is 142 Å². The minimum absolute atomic E-state index is 0.0448. The van der Waals surface area contributed by atoms with Gasteiger partial charge in [0.2, 0.25) is 0 Å². The molecule has 0 fully saturated rings. The zero-order valence-electron chi connectivity index (χ0n) is 27.4. The number of allylic oxidation sites excluding steroid dienone is 3. The van der Waals surface area contributed by atoms with Crippen LogP contribution in [0.15, 0.2) is 126 Å². The molecule has 4 aromatic carbocycles. The van der Waals surface area contributed by atoms with Crippen molar-refractivity contribution in [1.29, 1.82) is 0 Å². The molecule has 6 rings (SSSR count). The van der Waals surface area contributed by atoms with Gasteiger partial charge in [0.25, 0.3) is 0 Å². The fourth-order valence-corrected chi connectivity index (χ4v) is 6.44. The van der Waals surface area contributed by atoms with E-state index >= 15 is 0 Å². The van der Waals surface area contributed by atoms with Crippen LogP contribution >= 0.6 is 0 Å². The van der Waals surface area contributed by atoms with Gasteiger partial charge < -0.3 is 29.0 Å². The van der Waals surface area contributed by atoms with Crippen molar-refractivity contribution in [3.8, 4) is 23.0 Å². The van der Waals surface area contributed by atoms with Gasteiger partial charge >= 0.3 is 5.97 Å². The summed E-state index contributed by atoms with van der Waals surface area (Å²) in [4.78, 5) is 28.2. The number of methoxy groups -OCH3 is 2. The molecule has 4 aromatic rings. The number of Topliss-reactive ketones (excluding diaryl/α,β-unsaturated/α-hetero) is 1. The standard InChI is InChI=1S/C40H39NO7/c1-26-37(40(43)47-21-20-46-30-14-8-5-9-15-30)38(31-16-10-11-17-34(31)48-25-27-12-6-4-7-13-27)39-32(41-26)22-29(23-33(39)42)28-18-19-35(44-2)36(24-28)45-3/h4-19,24,29,38,41H,20-23,25H2,1-3H3/t29-,38-/m1/s1. The second kappa shape index (κ2) is 14.9. The number of carbonyl (C=O) groups excluding carboxylic acids is 2. The number of hydrogen-bond donors (Lipinski definition) is 1. The number of ketones is 1. The van der Waals surface area contributed by atoms with Gasteiger partial charge in [-0.05, 0) is 60.7 Å². The molecule has 1 heterocycles. The van der Waals surface area contributed by atoms with Gasteiger partial charge in [0.15, 0.2) is 17.3 Å². The summed E-state index contributed by atoms with van der Waals surface area (Å²) in [5, 5.41) is 3.43. The first-order valence-electron chi connectivity index (χ1n) is 16.0. The second-order valence-electron chi connectivity index (χ2n) is 11.7. The average molecular weight is 646 g/mol. The van der Waals surface area contributed by atoms with E-state index in [2.05, 4.69) is 5.32 Å².